The zero-order chi connectivity index (χ0) is 18.9. The molecule has 0 unspecified atom stereocenters. The predicted octanol–water partition coefficient (Wildman–Crippen LogP) is 1.13. The van der Waals surface area contributed by atoms with Gasteiger partial charge < -0.3 is 9.30 Å². The quantitative estimate of drug-likeness (QED) is 0.561. The summed E-state index contributed by atoms with van der Waals surface area (Å²) in [6, 6.07) is 0. The minimum Gasteiger partial charge on any atom is -0.468 e. The lowest BCUT2D eigenvalue weighted by Gasteiger charge is -2.12. The van der Waals surface area contributed by atoms with E-state index in [0.717, 1.165) is 11.0 Å². The van der Waals surface area contributed by atoms with Gasteiger partial charge in [0.05, 0.1) is 7.11 Å². The van der Waals surface area contributed by atoms with Crippen LogP contribution in [-0.4, -0.2) is 37.0 Å². The number of fused-ring (bicyclic) bond motifs is 1. The summed E-state index contributed by atoms with van der Waals surface area (Å²) in [5, 5.41) is 0.0624. The van der Waals surface area contributed by atoms with Gasteiger partial charge >= 0.3 is 11.7 Å². The van der Waals surface area contributed by atoms with Crippen LogP contribution in [0, 0.1) is 5.92 Å². The maximum absolute atomic E-state index is 12.6. The Balaban J connectivity index is 2.67. The summed E-state index contributed by atoms with van der Waals surface area (Å²) >= 11 is 1.22. The van der Waals surface area contributed by atoms with Crippen molar-refractivity contribution in [2.45, 2.75) is 44.1 Å². The molecular weight excluding hydrogens is 344 g/mol. The van der Waals surface area contributed by atoms with E-state index in [9.17, 15) is 14.4 Å². The van der Waals surface area contributed by atoms with Crippen LogP contribution >= 0.6 is 11.8 Å². The van der Waals surface area contributed by atoms with Gasteiger partial charge in [0.1, 0.15) is 5.25 Å². The Morgan fingerprint density at radius 2 is 1.84 bits per heavy atom. The van der Waals surface area contributed by atoms with E-state index in [1.807, 2.05) is 0 Å². The number of ether oxygens (including phenoxy) is 1. The number of esters is 1. The number of carbonyl (C=O) groups is 1. The molecule has 2 rings (SSSR count). The number of nitrogens with zero attached hydrogens (tertiary/aromatic N) is 4. The standard InChI is InChI=1S/C16H24N4O4S/c1-9(2)7-8-20-11-12(18(4)16(23)19(5)13(11)21)17-15(20)25-10(3)14(22)24-6/h9-10H,7-8H2,1-6H3/t10-/m1/s1. The second kappa shape index (κ2) is 7.47. The highest BCUT2D eigenvalue weighted by atomic mass is 32.2. The van der Waals surface area contributed by atoms with E-state index in [-0.39, 0.29) is 11.5 Å². The molecule has 0 fully saturated rings. The van der Waals surface area contributed by atoms with Crippen molar-refractivity contribution in [3.05, 3.63) is 20.8 Å². The molecule has 138 valence electrons. The molecule has 0 aliphatic heterocycles. The topological polar surface area (TPSA) is 88.1 Å². The Kier molecular flexibility index (Phi) is 5.76. The fourth-order valence-electron chi connectivity index (χ4n) is 2.48. The molecule has 2 heterocycles. The molecule has 0 aliphatic rings. The van der Waals surface area contributed by atoms with Crippen LogP contribution in [0.25, 0.3) is 11.2 Å². The number of methoxy groups -OCH3 is 1. The molecule has 0 saturated heterocycles. The summed E-state index contributed by atoms with van der Waals surface area (Å²) in [5.41, 5.74) is -0.100. The zero-order valence-electron chi connectivity index (χ0n) is 15.4. The molecule has 0 saturated carbocycles. The molecule has 0 spiro atoms. The summed E-state index contributed by atoms with van der Waals surface area (Å²) < 4.78 is 9.01. The van der Waals surface area contributed by atoms with Crippen molar-refractivity contribution in [1.82, 2.24) is 18.7 Å². The summed E-state index contributed by atoms with van der Waals surface area (Å²) in [6.07, 6.45) is 0.845. The van der Waals surface area contributed by atoms with Crippen LogP contribution in [0.4, 0.5) is 0 Å². The molecule has 1 atom stereocenters. The van der Waals surface area contributed by atoms with Gasteiger partial charge in [0.2, 0.25) is 0 Å². The first-order chi connectivity index (χ1) is 11.7. The lowest BCUT2D eigenvalue weighted by atomic mass is 10.1. The van der Waals surface area contributed by atoms with E-state index in [4.69, 9.17) is 4.74 Å². The lowest BCUT2D eigenvalue weighted by molar-refractivity contribution is -0.139. The first kappa shape index (κ1) is 19.3. The first-order valence-corrected chi connectivity index (χ1v) is 8.97. The average Bonchev–Trinajstić information content (AvgIpc) is 2.93. The normalized spacial score (nSPS) is 12.8. The fraction of sp³-hybridized carbons (Fsp3) is 0.625. The number of imidazole rings is 1. The highest BCUT2D eigenvalue weighted by Gasteiger charge is 2.23. The van der Waals surface area contributed by atoms with Crippen molar-refractivity contribution in [1.29, 1.82) is 0 Å². The van der Waals surface area contributed by atoms with Crippen LogP contribution in [0.3, 0.4) is 0 Å². The number of rotatable bonds is 6. The van der Waals surface area contributed by atoms with E-state index in [0.29, 0.717) is 28.8 Å². The van der Waals surface area contributed by atoms with Crippen LogP contribution in [0.5, 0.6) is 0 Å². The molecule has 0 bridgehead atoms. The van der Waals surface area contributed by atoms with Crippen molar-refractivity contribution < 1.29 is 9.53 Å². The highest BCUT2D eigenvalue weighted by molar-refractivity contribution is 8.00. The lowest BCUT2D eigenvalue weighted by Crippen LogP contribution is -2.37. The highest BCUT2D eigenvalue weighted by Crippen LogP contribution is 2.26. The number of thioether (sulfide) groups is 1. The van der Waals surface area contributed by atoms with E-state index in [1.165, 1.54) is 30.5 Å². The maximum Gasteiger partial charge on any atom is 0.332 e. The van der Waals surface area contributed by atoms with Crippen LogP contribution < -0.4 is 11.2 Å². The van der Waals surface area contributed by atoms with Crippen LogP contribution in [0.1, 0.15) is 27.2 Å². The van der Waals surface area contributed by atoms with Gasteiger partial charge in [-0.3, -0.25) is 18.7 Å². The fourth-order valence-corrected chi connectivity index (χ4v) is 3.44. The smallest absolute Gasteiger partial charge is 0.332 e. The van der Waals surface area contributed by atoms with Crippen molar-refractivity contribution in [2.24, 2.45) is 20.0 Å². The SMILES string of the molecule is COC(=O)[C@@H](C)Sc1nc2c(c(=O)n(C)c(=O)n2C)n1CCC(C)C. The summed E-state index contributed by atoms with van der Waals surface area (Å²) in [6.45, 7) is 6.49. The number of hydrogen-bond acceptors (Lipinski definition) is 6. The largest absolute Gasteiger partial charge is 0.468 e. The van der Waals surface area contributed by atoms with Crippen LogP contribution in [0.15, 0.2) is 14.7 Å². The van der Waals surface area contributed by atoms with Crippen molar-refractivity contribution in [3.63, 3.8) is 0 Å². The van der Waals surface area contributed by atoms with Gasteiger partial charge in [-0.2, -0.15) is 0 Å². The van der Waals surface area contributed by atoms with E-state index >= 15 is 0 Å². The molecule has 0 N–H and O–H groups in total. The molecule has 9 heteroatoms. The molecule has 0 aromatic carbocycles. The Hall–Kier alpha value is -2.03. The minimum atomic E-state index is -0.472. The van der Waals surface area contributed by atoms with Crippen molar-refractivity contribution in [2.75, 3.05) is 7.11 Å². The van der Waals surface area contributed by atoms with Gasteiger partial charge in [0, 0.05) is 20.6 Å². The second-order valence-corrected chi connectivity index (χ2v) is 7.70. The van der Waals surface area contributed by atoms with Gasteiger partial charge in [-0.05, 0) is 19.3 Å². The Morgan fingerprint density at radius 1 is 1.20 bits per heavy atom. The molecule has 2 aromatic heterocycles. The molecule has 0 aliphatic carbocycles. The number of hydrogen-bond donors (Lipinski definition) is 0. The van der Waals surface area contributed by atoms with Crippen LogP contribution in [0.2, 0.25) is 0 Å². The molecule has 0 amide bonds. The molecule has 2 aromatic rings. The minimum absolute atomic E-state index is 0.330. The number of carbonyl (C=O) groups excluding carboxylic acids is 1. The third-order valence-corrected chi connectivity index (χ3v) is 5.13. The van der Waals surface area contributed by atoms with E-state index in [2.05, 4.69) is 18.8 Å². The number of aromatic nitrogens is 4. The molecule has 8 nitrogen and oxygen atoms in total. The predicted molar refractivity (Wildman–Crippen MR) is 97.0 cm³/mol. The van der Waals surface area contributed by atoms with Crippen molar-refractivity contribution in [3.8, 4) is 0 Å². The van der Waals surface area contributed by atoms with Gasteiger partial charge in [-0.25, -0.2) is 9.78 Å². The molecule has 25 heavy (non-hydrogen) atoms. The maximum atomic E-state index is 12.6. The van der Waals surface area contributed by atoms with Gasteiger partial charge in [-0.15, -0.1) is 0 Å². The monoisotopic (exact) mass is 368 g/mol. The van der Waals surface area contributed by atoms with Gasteiger partial charge in [0.15, 0.2) is 16.3 Å². The van der Waals surface area contributed by atoms with Crippen molar-refractivity contribution >= 4 is 28.9 Å². The van der Waals surface area contributed by atoms with E-state index in [1.54, 1.807) is 18.5 Å². The van der Waals surface area contributed by atoms with Crippen LogP contribution in [-0.2, 0) is 30.2 Å². The Morgan fingerprint density at radius 3 is 2.40 bits per heavy atom. The first-order valence-electron chi connectivity index (χ1n) is 8.09. The zero-order valence-corrected chi connectivity index (χ0v) is 16.2. The molecule has 0 radical (unpaired) electrons. The number of aryl methyl sites for hydroxylation is 2. The van der Waals surface area contributed by atoms with Gasteiger partial charge in [-0.1, -0.05) is 25.6 Å². The summed E-state index contributed by atoms with van der Waals surface area (Å²) in [4.78, 5) is 41.0. The Bertz CT molecular complexity index is 909. The average molecular weight is 368 g/mol. The van der Waals surface area contributed by atoms with Gasteiger partial charge in [0.25, 0.3) is 5.56 Å². The third kappa shape index (κ3) is 3.65. The molecular formula is C16H24N4O4S. The summed E-state index contributed by atoms with van der Waals surface area (Å²) in [5.74, 6) is 0.0685. The van der Waals surface area contributed by atoms with E-state index < -0.39 is 10.9 Å². The second-order valence-electron chi connectivity index (χ2n) is 6.39. The summed E-state index contributed by atoms with van der Waals surface area (Å²) in [7, 11) is 4.37. The third-order valence-electron chi connectivity index (χ3n) is 4.06. The Labute approximate surface area is 149 Å².